The van der Waals surface area contributed by atoms with Crippen molar-refractivity contribution in [2.75, 3.05) is 13.2 Å². The van der Waals surface area contributed by atoms with Gasteiger partial charge in [0.1, 0.15) is 24.2 Å². The highest BCUT2D eigenvalue weighted by molar-refractivity contribution is 6.32. The summed E-state index contributed by atoms with van der Waals surface area (Å²) in [4.78, 5) is 32.5. The first-order chi connectivity index (χ1) is 24.4. The number of aromatic nitrogens is 6. The van der Waals surface area contributed by atoms with Gasteiger partial charge in [0.2, 0.25) is 0 Å². The average Bonchev–Trinajstić information content (AvgIpc) is 3.42. The van der Waals surface area contributed by atoms with E-state index in [4.69, 9.17) is 21.7 Å². The number of hydrogen-bond donors (Lipinski definition) is 3. The van der Waals surface area contributed by atoms with Crippen LogP contribution in [0.25, 0.3) is 11.4 Å². The molecule has 0 saturated heterocycles. The van der Waals surface area contributed by atoms with E-state index in [1.807, 2.05) is 26.1 Å². The van der Waals surface area contributed by atoms with Gasteiger partial charge in [0, 0.05) is 12.1 Å². The van der Waals surface area contributed by atoms with Crippen molar-refractivity contribution < 1.29 is 40.7 Å². The number of alkyl halides is 5. The van der Waals surface area contributed by atoms with Crippen molar-refractivity contribution in [1.82, 2.24) is 45.3 Å². The van der Waals surface area contributed by atoms with Crippen molar-refractivity contribution in [3.05, 3.63) is 82.9 Å². The predicted molar refractivity (Wildman–Crippen MR) is 174 cm³/mol. The summed E-state index contributed by atoms with van der Waals surface area (Å²) < 4.78 is 89.9. The number of nitrogens with one attached hydrogen (secondary N) is 3. The zero-order chi connectivity index (χ0) is 38.0. The quantitative estimate of drug-likeness (QED) is 0.0886. The Kier molecular flexibility index (Phi) is 10.8. The number of ether oxygens (including phenoxy) is 1. The number of amides is 2. The molecule has 2 amide bonds. The Morgan fingerprint density at radius 2 is 1.75 bits per heavy atom. The number of halogens is 7. The normalized spacial score (nSPS) is 14.5. The van der Waals surface area contributed by atoms with Gasteiger partial charge in [-0.25, -0.2) is 27.6 Å². The standard InChI is InChI=1S/C32H33ClF6N10O3/c1-30(2,3)10-11-41-28(40)47(27(50)19-5-7-22(21(34)14-19)49-43-12-13-44-49)24(16-52-29(51)46-31(8-9-31)32(37,38)39)18-4-6-20(33)23(15-18)48-26(25(35)36)42-17-45-48/h4-7,12-15,17,24-25H,8-11,16H2,1-3H3,(H2,40,41)(H,46,51)/t24-/m1/s1. The molecule has 2 heterocycles. The zero-order valence-corrected chi connectivity index (χ0v) is 28.6. The number of rotatable bonds is 11. The summed E-state index contributed by atoms with van der Waals surface area (Å²) in [5.74, 6) is -3.25. The number of nitrogens with zero attached hydrogens (tertiary/aromatic N) is 7. The first kappa shape index (κ1) is 38.0. The molecule has 2 aromatic heterocycles. The Bertz CT molecular complexity index is 1930. The molecule has 2 aromatic carbocycles. The van der Waals surface area contributed by atoms with Gasteiger partial charge in [-0.05, 0) is 60.6 Å². The minimum Gasteiger partial charge on any atom is -0.447 e. The van der Waals surface area contributed by atoms with E-state index in [1.165, 1.54) is 42.7 Å². The number of guanidine groups is 1. The van der Waals surface area contributed by atoms with E-state index in [0.717, 1.165) is 26.8 Å². The van der Waals surface area contributed by atoms with Crippen LogP contribution in [0.15, 0.2) is 55.1 Å². The van der Waals surface area contributed by atoms with Crippen molar-refractivity contribution in [2.24, 2.45) is 5.41 Å². The van der Waals surface area contributed by atoms with Crippen LogP contribution in [0.5, 0.6) is 0 Å². The molecule has 3 N–H and O–H groups in total. The maximum absolute atomic E-state index is 15.4. The van der Waals surface area contributed by atoms with Gasteiger partial charge in [0.05, 0.1) is 29.1 Å². The lowest BCUT2D eigenvalue weighted by Crippen LogP contribution is -2.50. The molecule has 278 valence electrons. The Balaban J connectivity index is 1.58. The van der Waals surface area contributed by atoms with Crippen LogP contribution in [-0.4, -0.2) is 77.5 Å². The van der Waals surface area contributed by atoms with E-state index in [9.17, 15) is 31.5 Å². The predicted octanol–water partition coefficient (Wildman–Crippen LogP) is 6.54. The van der Waals surface area contributed by atoms with E-state index in [1.54, 1.807) is 0 Å². The SMILES string of the molecule is CC(C)(C)CCNC(=N)N(C(=O)c1ccc(-n2nccn2)c(F)c1)[C@H](COC(=O)NC1(C(F)(F)F)CC1)c1ccc(Cl)c(-n2ncnc2C(F)F)c1. The van der Waals surface area contributed by atoms with Crippen LogP contribution in [0.3, 0.4) is 0 Å². The molecule has 1 atom stereocenters. The van der Waals surface area contributed by atoms with Gasteiger partial charge in [0.25, 0.3) is 12.3 Å². The summed E-state index contributed by atoms with van der Waals surface area (Å²) in [6.07, 6.45) is -6.05. The maximum Gasteiger partial charge on any atom is 0.411 e. The summed E-state index contributed by atoms with van der Waals surface area (Å²) in [6.45, 7) is 5.13. The minimum atomic E-state index is -4.76. The molecule has 5 rings (SSSR count). The second-order valence-electron chi connectivity index (χ2n) is 13.1. The summed E-state index contributed by atoms with van der Waals surface area (Å²) in [5.41, 5.74) is -3.21. The van der Waals surface area contributed by atoms with Crippen LogP contribution >= 0.6 is 11.6 Å². The molecule has 1 fully saturated rings. The Morgan fingerprint density at radius 3 is 2.35 bits per heavy atom. The third-order valence-corrected chi connectivity index (χ3v) is 8.45. The molecule has 0 spiro atoms. The molecule has 52 heavy (non-hydrogen) atoms. The van der Waals surface area contributed by atoms with Crippen LogP contribution in [0.4, 0.5) is 31.1 Å². The van der Waals surface area contributed by atoms with Gasteiger partial charge in [-0.1, -0.05) is 38.4 Å². The molecule has 0 bridgehead atoms. The minimum absolute atomic E-state index is 0.0217. The average molecular weight is 755 g/mol. The van der Waals surface area contributed by atoms with Crippen LogP contribution in [0.1, 0.15) is 74.2 Å². The van der Waals surface area contributed by atoms with Crippen molar-refractivity contribution in [2.45, 2.75) is 64.2 Å². The van der Waals surface area contributed by atoms with Gasteiger partial charge in [-0.2, -0.15) is 28.5 Å². The van der Waals surface area contributed by atoms with Crippen LogP contribution in [-0.2, 0) is 4.74 Å². The highest BCUT2D eigenvalue weighted by Gasteiger charge is 2.64. The van der Waals surface area contributed by atoms with Gasteiger partial charge in [-0.15, -0.1) is 4.80 Å². The third-order valence-electron chi connectivity index (χ3n) is 8.13. The van der Waals surface area contributed by atoms with Crippen LogP contribution < -0.4 is 10.6 Å². The fourth-order valence-electron chi connectivity index (χ4n) is 5.12. The second-order valence-corrected chi connectivity index (χ2v) is 13.5. The number of hydrogen-bond acceptors (Lipinski definition) is 8. The van der Waals surface area contributed by atoms with E-state index >= 15 is 4.39 Å². The summed E-state index contributed by atoms with van der Waals surface area (Å²) in [7, 11) is 0. The molecule has 1 aliphatic rings. The Morgan fingerprint density at radius 1 is 1.06 bits per heavy atom. The van der Waals surface area contributed by atoms with Gasteiger partial charge in [-0.3, -0.25) is 15.1 Å². The molecule has 4 aromatic rings. The van der Waals surface area contributed by atoms with E-state index < -0.39 is 60.4 Å². The van der Waals surface area contributed by atoms with Crippen molar-refractivity contribution in [3.63, 3.8) is 0 Å². The molecule has 0 radical (unpaired) electrons. The fourth-order valence-corrected chi connectivity index (χ4v) is 5.31. The number of alkyl carbamates (subject to hydrolysis) is 1. The Labute approximate surface area is 297 Å². The van der Waals surface area contributed by atoms with Crippen LogP contribution in [0.2, 0.25) is 5.02 Å². The third kappa shape index (κ3) is 8.46. The lowest BCUT2D eigenvalue weighted by atomic mass is 9.92. The van der Waals surface area contributed by atoms with Gasteiger partial charge in [0.15, 0.2) is 17.6 Å². The molecule has 0 aliphatic heterocycles. The highest BCUT2D eigenvalue weighted by Crippen LogP contribution is 2.49. The van der Waals surface area contributed by atoms with E-state index in [-0.39, 0.29) is 52.3 Å². The first-order valence-corrected chi connectivity index (χ1v) is 16.1. The van der Waals surface area contributed by atoms with Gasteiger partial charge < -0.3 is 15.4 Å². The molecular formula is C32H33ClF6N10O3. The fraction of sp³-hybridized carbons (Fsp3) is 0.406. The summed E-state index contributed by atoms with van der Waals surface area (Å²) in [5, 5.41) is 25.2. The van der Waals surface area contributed by atoms with E-state index in [0.29, 0.717) is 6.42 Å². The molecule has 20 heteroatoms. The zero-order valence-electron chi connectivity index (χ0n) is 27.9. The smallest absolute Gasteiger partial charge is 0.411 e. The number of benzene rings is 2. The largest absolute Gasteiger partial charge is 0.447 e. The van der Waals surface area contributed by atoms with Gasteiger partial charge >= 0.3 is 12.3 Å². The summed E-state index contributed by atoms with van der Waals surface area (Å²) in [6, 6.07) is 5.64. The molecule has 13 nitrogen and oxygen atoms in total. The van der Waals surface area contributed by atoms with Crippen molar-refractivity contribution in [3.8, 4) is 11.4 Å². The molecule has 1 aliphatic carbocycles. The monoisotopic (exact) mass is 754 g/mol. The highest BCUT2D eigenvalue weighted by atomic mass is 35.5. The maximum atomic E-state index is 15.4. The molecular weight excluding hydrogens is 722 g/mol. The van der Waals surface area contributed by atoms with E-state index in [2.05, 4.69) is 25.6 Å². The lowest BCUT2D eigenvalue weighted by molar-refractivity contribution is -0.164. The molecule has 1 saturated carbocycles. The summed E-state index contributed by atoms with van der Waals surface area (Å²) >= 11 is 6.38. The number of carbonyl (C=O) groups excluding carboxylic acids is 2. The Hall–Kier alpha value is -5.20. The second kappa shape index (κ2) is 14.8. The topological polar surface area (TPSA) is 156 Å². The van der Waals surface area contributed by atoms with Crippen LogP contribution in [0, 0.1) is 16.6 Å². The first-order valence-electron chi connectivity index (χ1n) is 15.7. The molecule has 0 unspecified atom stereocenters. The van der Waals surface area contributed by atoms with Crippen molar-refractivity contribution in [1.29, 1.82) is 5.41 Å². The van der Waals surface area contributed by atoms with Crippen molar-refractivity contribution >= 4 is 29.6 Å². The number of carbonyl (C=O) groups is 2. The lowest BCUT2D eigenvalue weighted by Gasteiger charge is -2.33.